The summed E-state index contributed by atoms with van der Waals surface area (Å²) in [6.45, 7) is 2.65. The Bertz CT molecular complexity index is 1490. The van der Waals surface area contributed by atoms with Crippen molar-refractivity contribution in [3.8, 4) is 0 Å². The summed E-state index contributed by atoms with van der Waals surface area (Å²) >= 11 is 7.59. The molecule has 3 N–H and O–H groups in total. The highest BCUT2D eigenvalue weighted by atomic mass is 35.5. The Morgan fingerprint density at radius 1 is 1.36 bits per heavy atom. The second-order valence-electron chi connectivity index (χ2n) is 11.2. The molecule has 1 aromatic carbocycles. The summed E-state index contributed by atoms with van der Waals surface area (Å²) in [5.74, 6) is -5.89. The lowest BCUT2D eigenvalue weighted by Crippen LogP contribution is -2.51. The number of aliphatic hydroxyl groups is 1. The number of fused-ring (bicyclic) bond motifs is 1. The van der Waals surface area contributed by atoms with Crippen molar-refractivity contribution in [1.29, 1.82) is 0 Å². The van der Waals surface area contributed by atoms with Gasteiger partial charge in [0.05, 0.1) is 54.5 Å². The number of hydrogen-bond donors (Lipinski definition) is 3. The molecule has 0 saturated carbocycles. The average molecular weight is 658 g/mol. The number of aliphatic hydroxyl groups excluding tert-OH is 1. The van der Waals surface area contributed by atoms with E-state index < -0.39 is 66.4 Å². The van der Waals surface area contributed by atoms with E-state index in [-0.39, 0.29) is 47.5 Å². The molecule has 1 aromatic heterocycles. The second kappa shape index (κ2) is 12.4. The van der Waals surface area contributed by atoms with Crippen molar-refractivity contribution in [3.05, 3.63) is 62.5 Å². The SMILES string of the molecule is CCOC(=O)C1=C(CN2CC(F)(F)[C@H]3[C@@H]2CON3C[C@H](O)C(C)(C)C(=O)O)NC(c2nccs2)=N[C@H]1c1cccc(F)c1Cl. The van der Waals surface area contributed by atoms with Crippen LogP contribution in [0, 0.1) is 11.2 Å². The number of alkyl halides is 2. The van der Waals surface area contributed by atoms with Crippen molar-refractivity contribution in [2.75, 3.05) is 32.8 Å². The van der Waals surface area contributed by atoms with E-state index in [1.807, 2.05) is 0 Å². The fourth-order valence-electron chi connectivity index (χ4n) is 5.47. The number of hydrogen-bond acceptors (Lipinski definition) is 11. The Balaban J connectivity index is 1.51. The van der Waals surface area contributed by atoms with Crippen LogP contribution in [0.15, 0.2) is 46.0 Å². The quantitative estimate of drug-likeness (QED) is 0.327. The number of hydroxylamine groups is 2. The number of carboxylic acids is 1. The Kier molecular flexibility index (Phi) is 9.08. The van der Waals surface area contributed by atoms with Crippen LogP contribution in [-0.4, -0.2) is 99.9 Å². The topological polar surface area (TPSA) is 137 Å². The number of esters is 1. The minimum absolute atomic E-state index is 0.00652. The van der Waals surface area contributed by atoms with Crippen LogP contribution in [0.25, 0.3) is 0 Å². The number of aliphatic imine (C=N–C) groups is 1. The number of nitrogens with zero attached hydrogens (tertiary/aromatic N) is 4. The van der Waals surface area contributed by atoms with Crippen molar-refractivity contribution in [3.63, 3.8) is 0 Å². The lowest BCUT2D eigenvalue weighted by Gasteiger charge is -2.32. The van der Waals surface area contributed by atoms with Gasteiger partial charge in [-0.05, 0) is 26.8 Å². The predicted octanol–water partition coefficient (Wildman–Crippen LogP) is 3.25. The molecule has 0 aliphatic carbocycles. The van der Waals surface area contributed by atoms with E-state index >= 15 is 8.78 Å². The molecule has 3 aliphatic heterocycles. The maximum Gasteiger partial charge on any atom is 0.338 e. The van der Waals surface area contributed by atoms with Crippen LogP contribution in [0.4, 0.5) is 13.2 Å². The highest BCUT2D eigenvalue weighted by Gasteiger charge is 2.61. The van der Waals surface area contributed by atoms with Gasteiger partial charge in [-0.3, -0.25) is 19.5 Å². The number of aromatic nitrogens is 1. The molecule has 238 valence electrons. The smallest absolute Gasteiger partial charge is 0.338 e. The number of carboxylic acid groups (broad SMARTS) is 1. The van der Waals surface area contributed by atoms with Crippen LogP contribution in [0.1, 0.15) is 37.4 Å². The number of benzene rings is 1. The van der Waals surface area contributed by atoms with Crippen LogP contribution in [0.5, 0.6) is 0 Å². The Labute approximate surface area is 259 Å². The number of aliphatic carboxylic acids is 1. The molecule has 2 aromatic rings. The van der Waals surface area contributed by atoms with Gasteiger partial charge in [0.1, 0.15) is 17.9 Å². The monoisotopic (exact) mass is 657 g/mol. The summed E-state index contributed by atoms with van der Waals surface area (Å²) < 4.78 is 51.1. The molecule has 0 bridgehead atoms. The maximum atomic E-state index is 15.6. The van der Waals surface area contributed by atoms with E-state index in [2.05, 4.69) is 15.3 Å². The second-order valence-corrected chi connectivity index (χ2v) is 12.5. The summed E-state index contributed by atoms with van der Waals surface area (Å²) in [6, 6.07) is 0.582. The van der Waals surface area contributed by atoms with Gasteiger partial charge in [-0.2, -0.15) is 5.06 Å². The number of rotatable bonds is 10. The molecular formula is C28H31ClF3N5O6S. The van der Waals surface area contributed by atoms with Gasteiger partial charge in [0, 0.05) is 29.4 Å². The standard InChI is InChI=1S/C28H31ClF3N5O6S/c1-4-42-25(39)19-16(34-23(24-33-8-9-44-24)35-21(19)14-6-5-7-15(30)20(14)29)10-36-13-28(31,32)22-17(36)12-43-37(22)11-18(38)27(2,3)26(40)41/h5-9,17-18,21-22,38H,4,10-13H2,1-3H3,(H,34,35)(H,40,41)/t17-,18-,21-,22+/m0/s1. The number of likely N-dealkylation sites (tertiary alicyclic amines) is 1. The summed E-state index contributed by atoms with van der Waals surface area (Å²) in [7, 11) is 0. The van der Waals surface area contributed by atoms with Gasteiger partial charge >= 0.3 is 11.9 Å². The molecular weight excluding hydrogens is 627 g/mol. The first-order chi connectivity index (χ1) is 20.8. The number of halogens is 4. The first-order valence-corrected chi connectivity index (χ1v) is 15.0. The van der Waals surface area contributed by atoms with Crippen LogP contribution >= 0.6 is 22.9 Å². The molecule has 2 fully saturated rings. The summed E-state index contributed by atoms with van der Waals surface area (Å²) in [6.07, 6.45) is 0.0463. The molecule has 3 aliphatic rings. The number of carbonyl (C=O) groups excluding carboxylic acids is 1. The summed E-state index contributed by atoms with van der Waals surface area (Å²) in [5, 5.41) is 26.0. The maximum absolute atomic E-state index is 15.6. The zero-order chi connectivity index (χ0) is 32.0. The van der Waals surface area contributed by atoms with Gasteiger partial charge < -0.3 is 20.3 Å². The van der Waals surface area contributed by atoms with Crippen molar-refractivity contribution in [2.24, 2.45) is 10.4 Å². The third-order valence-electron chi connectivity index (χ3n) is 8.03. The van der Waals surface area contributed by atoms with Crippen LogP contribution in [-0.2, 0) is 19.2 Å². The highest BCUT2D eigenvalue weighted by Crippen LogP contribution is 2.43. The Morgan fingerprint density at radius 3 is 2.77 bits per heavy atom. The minimum atomic E-state index is -3.33. The molecule has 4 heterocycles. The van der Waals surface area contributed by atoms with Crippen molar-refractivity contribution >= 4 is 40.7 Å². The molecule has 44 heavy (non-hydrogen) atoms. The number of ether oxygens (including phenoxy) is 1. The number of thiazole rings is 1. The van der Waals surface area contributed by atoms with Gasteiger partial charge in [0.25, 0.3) is 5.92 Å². The fraction of sp³-hybridized carbons (Fsp3) is 0.500. The third-order valence-corrected chi connectivity index (χ3v) is 9.21. The predicted molar refractivity (Wildman–Crippen MR) is 154 cm³/mol. The number of carbonyl (C=O) groups is 2. The third kappa shape index (κ3) is 5.96. The molecule has 0 radical (unpaired) electrons. The molecule has 2 saturated heterocycles. The van der Waals surface area contributed by atoms with Gasteiger partial charge in [-0.15, -0.1) is 11.3 Å². The molecule has 5 rings (SSSR count). The first-order valence-electron chi connectivity index (χ1n) is 13.8. The lowest BCUT2D eigenvalue weighted by molar-refractivity contribution is -0.202. The van der Waals surface area contributed by atoms with Crippen LogP contribution in [0.3, 0.4) is 0 Å². The molecule has 0 spiro atoms. The van der Waals surface area contributed by atoms with E-state index in [1.165, 1.54) is 48.3 Å². The van der Waals surface area contributed by atoms with E-state index in [4.69, 9.17) is 21.2 Å². The van der Waals surface area contributed by atoms with Crippen LogP contribution in [0.2, 0.25) is 5.02 Å². The van der Waals surface area contributed by atoms with Crippen molar-refractivity contribution < 1.29 is 42.5 Å². The van der Waals surface area contributed by atoms with E-state index in [1.54, 1.807) is 18.5 Å². The molecule has 0 unspecified atom stereocenters. The summed E-state index contributed by atoms with van der Waals surface area (Å²) in [5.41, 5.74) is -1.27. The molecule has 11 nitrogen and oxygen atoms in total. The van der Waals surface area contributed by atoms with E-state index in [0.717, 1.165) is 5.06 Å². The zero-order valence-electron chi connectivity index (χ0n) is 24.0. The van der Waals surface area contributed by atoms with Gasteiger partial charge in [0.2, 0.25) is 0 Å². The zero-order valence-corrected chi connectivity index (χ0v) is 25.5. The van der Waals surface area contributed by atoms with E-state index in [0.29, 0.717) is 5.01 Å². The highest BCUT2D eigenvalue weighted by molar-refractivity contribution is 7.11. The first kappa shape index (κ1) is 32.3. The summed E-state index contributed by atoms with van der Waals surface area (Å²) in [4.78, 5) is 41.0. The lowest BCUT2D eigenvalue weighted by atomic mass is 9.86. The van der Waals surface area contributed by atoms with Crippen molar-refractivity contribution in [2.45, 2.75) is 50.9 Å². The largest absolute Gasteiger partial charge is 0.481 e. The van der Waals surface area contributed by atoms with Crippen molar-refractivity contribution in [1.82, 2.24) is 20.3 Å². The van der Waals surface area contributed by atoms with E-state index in [9.17, 15) is 24.2 Å². The number of nitrogens with one attached hydrogen (secondary N) is 1. The Morgan fingerprint density at radius 2 is 2.11 bits per heavy atom. The van der Waals surface area contributed by atoms with Gasteiger partial charge in [0.15, 0.2) is 10.8 Å². The normalized spacial score (nSPS) is 24.5. The fourth-order valence-corrected chi connectivity index (χ4v) is 6.29. The minimum Gasteiger partial charge on any atom is -0.481 e. The Hall–Kier alpha value is -3.08. The molecule has 4 atom stereocenters. The molecule has 0 amide bonds. The van der Waals surface area contributed by atoms with Gasteiger partial charge in [-0.1, -0.05) is 23.7 Å². The number of amidine groups is 1. The van der Waals surface area contributed by atoms with Gasteiger partial charge in [-0.25, -0.2) is 22.9 Å². The number of β-amino-alcohol motifs (C(OH)–C–C–N with tert-alkyl or cyclic N) is 1. The molecule has 16 heteroatoms. The van der Waals surface area contributed by atoms with Crippen LogP contribution < -0.4 is 5.32 Å². The average Bonchev–Trinajstić information content (AvgIpc) is 3.69.